The minimum absolute atomic E-state index is 0.256. The molecule has 1 aliphatic carbocycles. The molecule has 0 spiro atoms. The summed E-state index contributed by atoms with van der Waals surface area (Å²) >= 11 is 0. The second-order valence-electron chi connectivity index (χ2n) is 5.35. The van der Waals surface area contributed by atoms with Gasteiger partial charge in [-0.05, 0) is 36.1 Å². The Balaban J connectivity index is 2.07. The molecule has 0 amide bonds. The second kappa shape index (κ2) is 5.50. The summed E-state index contributed by atoms with van der Waals surface area (Å²) in [5.41, 5.74) is 7.74. The van der Waals surface area contributed by atoms with Crippen LogP contribution in [0.3, 0.4) is 0 Å². The molecule has 2 aromatic rings. The molecule has 3 nitrogen and oxygen atoms in total. The normalized spacial score (nSPS) is 25.2. The molecule has 1 aromatic carbocycles. The lowest BCUT2D eigenvalue weighted by Gasteiger charge is -2.23. The van der Waals surface area contributed by atoms with Gasteiger partial charge in [-0.3, -0.25) is 4.98 Å². The Hall–Kier alpha value is -1.85. The second-order valence-corrected chi connectivity index (χ2v) is 5.35. The van der Waals surface area contributed by atoms with Gasteiger partial charge in [-0.1, -0.05) is 18.2 Å². The van der Waals surface area contributed by atoms with Crippen molar-refractivity contribution in [2.75, 3.05) is 0 Å². The SMILES string of the molecule is N[C@@H]1c2cccnc2C(O)CC[C@H]1c1cccc(F)c1F. The molecule has 0 saturated carbocycles. The monoisotopic (exact) mass is 290 g/mol. The standard InChI is InChI=1S/C16H16F2N2O/c17-12-5-1-3-9(14(12)18)10-6-7-13(21)16-11(15(10)19)4-2-8-20-16/h1-5,8,10,13,15,21H,6-7,19H2/t10-,13?,15-/m0/s1. The zero-order chi connectivity index (χ0) is 15.0. The number of aliphatic hydroxyl groups excluding tert-OH is 1. The first-order chi connectivity index (χ1) is 10.1. The van der Waals surface area contributed by atoms with E-state index in [1.54, 1.807) is 24.4 Å². The molecule has 3 atom stereocenters. The summed E-state index contributed by atoms with van der Waals surface area (Å²) in [5, 5.41) is 10.2. The van der Waals surface area contributed by atoms with Crippen LogP contribution in [0.25, 0.3) is 0 Å². The van der Waals surface area contributed by atoms with E-state index in [0.29, 0.717) is 24.1 Å². The topological polar surface area (TPSA) is 59.1 Å². The van der Waals surface area contributed by atoms with Gasteiger partial charge >= 0.3 is 0 Å². The van der Waals surface area contributed by atoms with Crippen molar-refractivity contribution in [1.82, 2.24) is 4.98 Å². The Labute approximate surface area is 121 Å². The highest BCUT2D eigenvalue weighted by atomic mass is 19.2. The van der Waals surface area contributed by atoms with E-state index in [1.807, 2.05) is 0 Å². The first-order valence-corrected chi connectivity index (χ1v) is 6.92. The highest BCUT2D eigenvalue weighted by Crippen LogP contribution is 2.41. The lowest BCUT2D eigenvalue weighted by Crippen LogP contribution is -2.21. The molecule has 0 radical (unpaired) electrons. The zero-order valence-corrected chi connectivity index (χ0v) is 11.3. The Kier molecular flexibility index (Phi) is 3.69. The van der Waals surface area contributed by atoms with Crippen molar-refractivity contribution in [3.63, 3.8) is 0 Å². The summed E-state index contributed by atoms with van der Waals surface area (Å²) < 4.78 is 27.5. The molecule has 0 bridgehead atoms. The van der Waals surface area contributed by atoms with Crippen LogP contribution in [0.2, 0.25) is 0 Å². The number of rotatable bonds is 1. The molecule has 1 aromatic heterocycles. The predicted octanol–water partition coefficient (Wildman–Crippen LogP) is 2.97. The van der Waals surface area contributed by atoms with E-state index in [9.17, 15) is 13.9 Å². The molecular formula is C16H16F2N2O. The molecule has 0 fully saturated rings. The van der Waals surface area contributed by atoms with E-state index in [4.69, 9.17) is 5.73 Å². The predicted molar refractivity (Wildman–Crippen MR) is 74.5 cm³/mol. The Bertz CT molecular complexity index is 662. The van der Waals surface area contributed by atoms with Crippen molar-refractivity contribution >= 4 is 0 Å². The van der Waals surface area contributed by atoms with Gasteiger partial charge < -0.3 is 10.8 Å². The number of nitrogens with two attached hydrogens (primary N) is 1. The molecule has 21 heavy (non-hydrogen) atoms. The number of hydrogen-bond donors (Lipinski definition) is 2. The van der Waals surface area contributed by atoms with Gasteiger partial charge in [-0.2, -0.15) is 0 Å². The van der Waals surface area contributed by atoms with Gasteiger partial charge in [-0.15, -0.1) is 0 Å². The minimum Gasteiger partial charge on any atom is -0.387 e. The van der Waals surface area contributed by atoms with E-state index in [1.165, 1.54) is 6.07 Å². The zero-order valence-electron chi connectivity index (χ0n) is 11.3. The van der Waals surface area contributed by atoms with Crippen LogP contribution in [0.4, 0.5) is 8.78 Å². The van der Waals surface area contributed by atoms with Crippen molar-refractivity contribution in [3.8, 4) is 0 Å². The van der Waals surface area contributed by atoms with Crippen LogP contribution in [-0.2, 0) is 0 Å². The van der Waals surface area contributed by atoms with E-state index in [-0.39, 0.29) is 11.5 Å². The summed E-state index contributed by atoms with van der Waals surface area (Å²) in [4.78, 5) is 4.18. The molecule has 3 N–H and O–H groups in total. The molecule has 1 unspecified atom stereocenters. The average molecular weight is 290 g/mol. The van der Waals surface area contributed by atoms with E-state index < -0.39 is 23.8 Å². The summed E-state index contributed by atoms with van der Waals surface area (Å²) in [6, 6.07) is 7.11. The summed E-state index contributed by atoms with van der Waals surface area (Å²) in [7, 11) is 0. The van der Waals surface area contributed by atoms with Gasteiger partial charge in [0.25, 0.3) is 0 Å². The van der Waals surface area contributed by atoms with Crippen molar-refractivity contribution in [2.45, 2.75) is 30.9 Å². The Morgan fingerprint density at radius 2 is 1.86 bits per heavy atom. The summed E-state index contributed by atoms with van der Waals surface area (Å²) in [6.45, 7) is 0. The third-order valence-electron chi connectivity index (χ3n) is 4.11. The van der Waals surface area contributed by atoms with Crippen LogP contribution in [0.1, 0.15) is 47.7 Å². The third kappa shape index (κ3) is 2.43. The number of aliphatic hydroxyl groups is 1. The Morgan fingerprint density at radius 3 is 2.67 bits per heavy atom. The van der Waals surface area contributed by atoms with Crippen molar-refractivity contribution in [3.05, 3.63) is 65.0 Å². The summed E-state index contributed by atoms with van der Waals surface area (Å²) in [6.07, 6.45) is 1.75. The molecule has 0 saturated heterocycles. The first-order valence-electron chi connectivity index (χ1n) is 6.92. The van der Waals surface area contributed by atoms with Crippen molar-refractivity contribution in [2.24, 2.45) is 5.73 Å². The highest BCUT2D eigenvalue weighted by Gasteiger charge is 2.32. The molecule has 5 heteroatoms. The van der Waals surface area contributed by atoms with E-state index in [0.717, 1.165) is 6.07 Å². The summed E-state index contributed by atoms with van der Waals surface area (Å²) in [5.74, 6) is -2.13. The van der Waals surface area contributed by atoms with Gasteiger partial charge in [0.1, 0.15) is 0 Å². The van der Waals surface area contributed by atoms with Crippen LogP contribution in [-0.4, -0.2) is 10.1 Å². The smallest absolute Gasteiger partial charge is 0.162 e. The van der Waals surface area contributed by atoms with Crippen LogP contribution < -0.4 is 5.73 Å². The highest BCUT2D eigenvalue weighted by molar-refractivity contribution is 5.33. The fourth-order valence-electron chi connectivity index (χ4n) is 3.02. The van der Waals surface area contributed by atoms with Gasteiger partial charge in [0.15, 0.2) is 11.6 Å². The van der Waals surface area contributed by atoms with Crippen LogP contribution in [0.15, 0.2) is 36.5 Å². The maximum atomic E-state index is 14.1. The van der Waals surface area contributed by atoms with Crippen LogP contribution in [0, 0.1) is 11.6 Å². The largest absolute Gasteiger partial charge is 0.387 e. The molecule has 110 valence electrons. The molecule has 3 rings (SSSR count). The lowest BCUT2D eigenvalue weighted by molar-refractivity contribution is 0.160. The first kappa shape index (κ1) is 14.1. The third-order valence-corrected chi connectivity index (χ3v) is 4.11. The van der Waals surface area contributed by atoms with Gasteiger partial charge in [-0.25, -0.2) is 8.78 Å². The van der Waals surface area contributed by atoms with E-state index >= 15 is 0 Å². The number of fused-ring (bicyclic) bond motifs is 1. The lowest BCUT2D eigenvalue weighted by atomic mass is 9.86. The van der Waals surface area contributed by atoms with Crippen molar-refractivity contribution in [1.29, 1.82) is 0 Å². The van der Waals surface area contributed by atoms with Crippen LogP contribution >= 0.6 is 0 Å². The fourth-order valence-corrected chi connectivity index (χ4v) is 3.02. The Morgan fingerprint density at radius 1 is 1.10 bits per heavy atom. The molecule has 1 heterocycles. The fraction of sp³-hybridized carbons (Fsp3) is 0.312. The average Bonchev–Trinajstić information content (AvgIpc) is 2.62. The maximum absolute atomic E-state index is 14.1. The molecule has 1 aliphatic rings. The molecular weight excluding hydrogens is 274 g/mol. The van der Waals surface area contributed by atoms with Crippen molar-refractivity contribution < 1.29 is 13.9 Å². The maximum Gasteiger partial charge on any atom is 0.162 e. The number of benzene rings is 1. The number of nitrogens with zero attached hydrogens (tertiary/aromatic N) is 1. The number of pyridine rings is 1. The molecule has 0 aliphatic heterocycles. The minimum atomic E-state index is -0.879. The quantitative estimate of drug-likeness (QED) is 0.794. The van der Waals surface area contributed by atoms with Gasteiger partial charge in [0, 0.05) is 18.2 Å². The van der Waals surface area contributed by atoms with Gasteiger partial charge in [0.2, 0.25) is 0 Å². The van der Waals surface area contributed by atoms with Crippen LogP contribution in [0.5, 0.6) is 0 Å². The number of hydrogen-bond acceptors (Lipinski definition) is 3. The number of aromatic nitrogens is 1. The van der Waals surface area contributed by atoms with E-state index in [2.05, 4.69) is 4.98 Å². The van der Waals surface area contributed by atoms with Gasteiger partial charge in [0.05, 0.1) is 11.8 Å². The number of halogens is 2.